The van der Waals surface area contributed by atoms with E-state index < -0.39 is 16.0 Å². The Morgan fingerprint density at radius 3 is 2.35 bits per heavy atom. The molecule has 1 aliphatic heterocycles. The van der Waals surface area contributed by atoms with Crippen molar-refractivity contribution in [3.8, 4) is 0 Å². The van der Waals surface area contributed by atoms with Gasteiger partial charge in [-0.2, -0.15) is 4.31 Å². The second-order valence-corrected chi connectivity index (χ2v) is 11.0. The molecule has 2 fully saturated rings. The number of esters is 1. The summed E-state index contributed by atoms with van der Waals surface area (Å²) in [6, 6.07) is 5.49. The van der Waals surface area contributed by atoms with Crippen LogP contribution in [-0.2, 0) is 29.1 Å². The summed E-state index contributed by atoms with van der Waals surface area (Å²) in [6.45, 7) is 4.22. The van der Waals surface area contributed by atoms with Gasteiger partial charge < -0.3 is 15.0 Å². The minimum atomic E-state index is -3.63. The molecule has 0 radical (unpaired) electrons. The monoisotopic (exact) mass is 493 g/mol. The topological polar surface area (TPSA) is 113 Å². The van der Waals surface area contributed by atoms with Gasteiger partial charge in [0.2, 0.25) is 15.9 Å². The van der Waals surface area contributed by atoms with Gasteiger partial charge in [0.25, 0.3) is 5.91 Å². The number of piperazine rings is 1. The average molecular weight is 494 g/mol. The first-order chi connectivity index (χ1) is 16.2. The highest BCUT2D eigenvalue weighted by molar-refractivity contribution is 7.89. The lowest BCUT2D eigenvalue weighted by molar-refractivity contribution is -0.150. The van der Waals surface area contributed by atoms with Crippen molar-refractivity contribution in [2.75, 3.05) is 32.8 Å². The van der Waals surface area contributed by atoms with E-state index in [-0.39, 0.29) is 63.5 Å². The highest BCUT2D eigenvalue weighted by Crippen LogP contribution is 2.22. The Bertz CT molecular complexity index is 996. The minimum absolute atomic E-state index is 0.0349. The molecule has 1 aromatic rings. The maximum absolute atomic E-state index is 13.0. The largest absolute Gasteiger partial charge is 0.456 e. The number of hydrogen-bond donors (Lipinski definition) is 1. The molecule has 0 unspecified atom stereocenters. The van der Waals surface area contributed by atoms with Crippen molar-refractivity contribution >= 4 is 27.8 Å². The summed E-state index contributed by atoms with van der Waals surface area (Å²) in [5.41, 5.74) is 1.56. The predicted octanol–water partition coefficient (Wildman–Crippen LogP) is 1.91. The second kappa shape index (κ2) is 11.8. The number of rotatable bonds is 8. The third-order valence-corrected chi connectivity index (χ3v) is 8.47. The van der Waals surface area contributed by atoms with E-state index in [9.17, 15) is 22.8 Å². The van der Waals surface area contributed by atoms with Gasteiger partial charge in [0, 0.05) is 38.6 Å². The molecule has 0 bridgehead atoms. The van der Waals surface area contributed by atoms with Crippen molar-refractivity contribution in [2.24, 2.45) is 0 Å². The normalized spacial score (nSPS) is 17.9. The van der Waals surface area contributed by atoms with Crippen LogP contribution in [0.1, 0.15) is 56.1 Å². The number of benzene rings is 1. The standard InChI is InChI=1S/C24H35N3O6S/c1-18-8-9-19(2)21(16-18)34(31,32)27-14-12-26(13-15-27)23(29)10-11-24(30)33-17-22(28)25-20-6-4-3-5-7-20/h8-9,16,20H,3-7,10-15,17H2,1-2H3,(H,25,28). The Morgan fingerprint density at radius 2 is 1.68 bits per heavy atom. The summed E-state index contributed by atoms with van der Waals surface area (Å²) in [5.74, 6) is -1.14. The van der Waals surface area contributed by atoms with E-state index in [4.69, 9.17) is 4.74 Å². The van der Waals surface area contributed by atoms with Crippen LogP contribution in [0.5, 0.6) is 0 Å². The van der Waals surface area contributed by atoms with Crippen LogP contribution >= 0.6 is 0 Å². The zero-order chi connectivity index (χ0) is 24.7. The molecule has 2 amide bonds. The molecule has 3 rings (SSSR count). The predicted molar refractivity (Wildman–Crippen MR) is 126 cm³/mol. The molecule has 2 aliphatic rings. The zero-order valence-corrected chi connectivity index (χ0v) is 20.9. The van der Waals surface area contributed by atoms with Crippen LogP contribution in [0.25, 0.3) is 0 Å². The smallest absolute Gasteiger partial charge is 0.306 e. The van der Waals surface area contributed by atoms with Crippen LogP contribution in [0.15, 0.2) is 23.1 Å². The van der Waals surface area contributed by atoms with Crippen molar-refractivity contribution < 1.29 is 27.5 Å². The first kappa shape index (κ1) is 26.2. The Labute approximate surface area is 201 Å². The number of nitrogens with zero attached hydrogens (tertiary/aromatic N) is 2. The van der Waals surface area contributed by atoms with Crippen molar-refractivity contribution in [3.05, 3.63) is 29.3 Å². The number of nitrogens with one attached hydrogen (secondary N) is 1. The molecular formula is C24H35N3O6S. The van der Waals surface area contributed by atoms with Gasteiger partial charge in [0.05, 0.1) is 11.3 Å². The van der Waals surface area contributed by atoms with Crippen molar-refractivity contribution in [3.63, 3.8) is 0 Å². The summed E-state index contributed by atoms with van der Waals surface area (Å²) in [4.78, 5) is 38.3. The molecule has 0 atom stereocenters. The Hall–Kier alpha value is -2.46. The SMILES string of the molecule is Cc1ccc(C)c(S(=O)(=O)N2CCN(C(=O)CCC(=O)OCC(=O)NC3CCCCC3)CC2)c1. The summed E-state index contributed by atoms with van der Waals surface area (Å²) in [7, 11) is -3.63. The molecule has 1 aromatic carbocycles. The van der Waals surface area contributed by atoms with E-state index in [1.165, 1.54) is 10.7 Å². The van der Waals surface area contributed by atoms with Crippen LogP contribution in [0.3, 0.4) is 0 Å². The molecule has 1 saturated carbocycles. The van der Waals surface area contributed by atoms with Gasteiger partial charge >= 0.3 is 5.97 Å². The molecule has 1 heterocycles. The van der Waals surface area contributed by atoms with Gasteiger partial charge in [-0.05, 0) is 43.9 Å². The minimum Gasteiger partial charge on any atom is -0.456 e. The summed E-state index contributed by atoms with van der Waals surface area (Å²) >= 11 is 0. The highest BCUT2D eigenvalue weighted by atomic mass is 32.2. The lowest BCUT2D eigenvalue weighted by Gasteiger charge is -2.34. The third kappa shape index (κ3) is 7.02. The molecule has 188 valence electrons. The molecule has 9 nitrogen and oxygen atoms in total. The van der Waals surface area contributed by atoms with Gasteiger partial charge in [0.1, 0.15) is 0 Å². The van der Waals surface area contributed by atoms with Gasteiger partial charge in [-0.3, -0.25) is 14.4 Å². The summed E-state index contributed by atoms with van der Waals surface area (Å²) in [6.07, 6.45) is 5.13. The van der Waals surface area contributed by atoms with Crippen LogP contribution in [0, 0.1) is 13.8 Å². The summed E-state index contributed by atoms with van der Waals surface area (Å²) < 4.78 is 32.5. The van der Waals surface area contributed by atoms with E-state index >= 15 is 0 Å². The van der Waals surface area contributed by atoms with Crippen molar-refractivity contribution in [1.82, 2.24) is 14.5 Å². The first-order valence-corrected chi connectivity index (χ1v) is 13.4. The summed E-state index contributed by atoms with van der Waals surface area (Å²) in [5, 5.41) is 2.88. The Kier molecular flexibility index (Phi) is 9.07. The van der Waals surface area contributed by atoms with E-state index in [0.29, 0.717) is 10.5 Å². The molecule has 0 aromatic heterocycles. The Morgan fingerprint density at radius 1 is 1.00 bits per heavy atom. The lowest BCUT2D eigenvalue weighted by atomic mass is 9.95. The number of sulfonamides is 1. The van der Waals surface area contributed by atoms with Crippen LogP contribution in [0.4, 0.5) is 0 Å². The highest BCUT2D eigenvalue weighted by Gasteiger charge is 2.31. The van der Waals surface area contributed by atoms with Crippen molar-refractivity contribution in [2.45, 2.75) is 69.7 Å². The number of hydrogen-bond acceptors (Lipinski definition) is 6. The number of amides is 2. The van der Waals surface area contributed by atoms with Crippen LogP contribution < -0.4 is 5.32 Å². The fourth-order valence-corrected chi connectivity index (χ4v) is 6.14. The van der Waals surface area contributed by atoms with Crippen LogP contribution in [0.2, 0.25) is 0 Å². The molecule has 34 heavy (non-hydrogen) atoms. The molecular weight excluding hydrogens is 458 g/mol. The number of aryl methyl sites for hydroxylation is 2. The van der Waals surface area contributed by atoms with Crippen molar-refractivity contribution in [1.29, 1.82) is 0 Å². The third-order valence-electron chi connectivity index (χ3n) is 6.43. The van der Waals surface area contributed by atoms with E-state index in [1.807, 2.05) is 13.0 Å². The quantitative estimate of drug-likeness (QED) is 0.554. The lowest BCUT2D eigenvalue weighted by Crippen LogP contribution is -2.50. The maximum atomic E-state index is 13.0. The Balaban J connectivity index is 1.39. The molecule has 10 heteroatoms. The van der Waals surface area contributed by atoms with E-state index in [0.717, 1.165) is 31.2 Å². The number of carbonyl (C=O) groups excluding carboxylic acids is 3. The van der Waals surface area contributed by atoms with Gasteiger partial charge in [-0.15, -0.1) is 0 Å². The first-order valence-electron chi connectivity index (χ1n) is 12.0. The second-order valence-electron chi connectivity index (χ2n) is 9.12. The average Bonchev–Trinajstić information content (AvgIpc) is 2.83. The number of carbonyl (C=O) groups is 3. The molecule has 1 aliphatic carbocycles. The van der Waals surface area contributed by atoms with Crippen LogP contribution in [-0.4, -0.2) is 74.2 Å². The molecule has 1 N–H and O–H groups in total. The number of ether oxygens (including phenoxy) is 1. The molecule has 1 saturated heterocycles. The zero-order valence-electron chi connectivity index (χ0n) is 20.0. The van der Waals surface area contributed by atoms with Gasteiger partial charge in [-0.25, -0.2) is 8.42 Å². The fourth-order valence-electron chi connectivity index (χ4n) is 4.40. The maximum Gasteiger partial charge on any atom is 0.306 e. The van der Waals surface area contributed by atoms with E-state index in [2.05, 4.69) is 5.32 Å². The fraction of sp³-hybridized carbons (Fsp3) is 0.625. The van der Waals surface area contributed by atoms with Gasteiger partial charge in [0.15, 0.2) is 6.61 Å². The molecule has 0 spiro atoms. The van der Waals surface area contributed by atoms with E-state index in [1.54, 1.807) is 24.0 Å². The van der Waals surface area contributed by atoms with Gasteiger partial charge in [-0.1, -0.05) is 31.4 Å².